The maximum Gasteiger partial charge on any atom is 0.218 e. The van der Waals surface area contributed by atoms with E-state index in [9.17, 15) is 5.26 Å². The third kappa shape index (κ3) is 4.76. The molecule has 0 bridgehead atoms. The molecule has 3 aromatic rings. The van der Waals surface area contributed by atoms with E-state index in [0.29, 0.717) is 37.7 Å². The standard InChI is InChI=1S/C22H20Cl2N4OS/c1-5-28(4)12-26-19-8-14(3)20(9-13(19)2)29-22-17(11-25)21(27-30-22)16-7-6-15(23)10-18(16)24/h6-10,12H,5H2,1-4H3. The number of nitrogens with zero attached hydrogens (tertiary/aromatic N) is 4. The summed E-state index contributed by atoms with van der Waals surface area (Å²) in [7, 11) is 1.97. The maximum atomic E-state index is 9.73. The summed E-state index contributed by atoms with van der Waals surface area (Å²) in [6.45, 7) is 6.86. The van der Waals surface area contributed by atoms with E-state index in [1.54, 1.807) is 24.5 Å². The molecule has 0 radical (unpaired) electrons. The second-order valence-electron chi connectivity index (χ2n) is 6.75. The van der Waals surface area contributed by atoms with Crippen LogP contribution in [0.15, 0.2) is 35.3 Å². The Labute approximate surface area is 190 Å². The van der Waals surface area contributed by atoms with E-state index in [1.807, 2.05) is 37.9 Å². The van der Waals surface area contributed by atoms with Gasteiger partial charge in [0.2, 0.25) is 5.06 Å². The average molecular weight is 459 g/mol. The van der Waals surface area contributed by atoms with Crippen molar-refractivity contribution in [2.24, 2.45) is 4.99 Å². The molecule has 0 unspecified atom stereocenters. The number of benzene rings is 2. The van der Waals surface area contributed by atoms with Gasteiger partial charge in [-0.1, -0.05) is 23.2 Å². The summed E-state index contributed by atoms with van der Waals surface area (Å²) in [5, 5.41) is 11.1. The molecule has 0 aliphatic carbocycles. The van der Waals surface area contributed by atoms with Gasteiger partial charge in [0.25, 0.3) is 0 Å². The number of halogens is 2. The minimum Gasteiger partial charge on any atom is -0.443 e. The normalized spacial score (nSPS) is 11.0. The minimum absolute atomic E-state index is 0.341. The third-order valence-corrected chi connectivity index (χ3v) is 5.82. The Kier molecular flexibility index (Phi) is 6.99. The molecule has 1 aromatic heterocycles. The van der Waals surface area contributed by atoms with Crippen LogP contribution in [0.4, 0.5) is 5.69 Å². The van der Waals surface area contributed by atoms with Crippen molar-refractivity contribution in [2.75, 3.05) is 13.6 Å². The van der Waals surface area contributed by atoms with Gasteiger partial charge in [-0.15, -0.1) is 0 Å². The van der Waals surface area contributed by atoms with Crippen molar-refractivity contribution < 1.29 is 4.74 Å². The van der Waals surface area contributed by atoms with Crippen LogP contribution < -0.4 is 4.74 Å². The van der Waals surface area contributed by atoms with Crippen LogP contribution in [-0.4, -0.2) is 29.2 Å². The zero-order valence-electron chi connectivity index (χ0n) is 17.0. The predicted molar refractivity (Wildman–Crippen MR) is 125 cm³/mol. The second kappa shape index (κ2) is 9.48. The summed E-state index contributed by atoms with van der Waals surface area (Å²) in [5.41, 5.74) is 4.22. The molecule has 2 aromatic carbocycles. The van der Waals surface area contributed by atoms with E-state index in [4.69, 9.17) is 27.9 Å². The summed E-state index contributed by atoms with van der Waals surface area (Å²) in [5.74, 6) is 0.657. The molecular weight excluding hydrogens is 439 g/mol. The van der Waals surface area contributed by atoms with Gasteiger partial charge in [0.1, 0.15) is 23.1 Å². The minimum atomic E-state index is 0.341. The van der Waals surface area contributed by atoms with Crippen LogP contribution in [0.3, 0.4) is 0 Å². The van der Waals surface area contributed by atoms with Crippen molar-refractivity contribution in [1.82, 2.24) is 9.27 Å². The molecule has 0 saturated heterocycles. The lowest BCUT2D eigenvalue weighted by Gasteiger charge is -2.12. The SMILES string of the molecule is CCN(C)C=Nc1cc(C)c(Oc2snc(-c3ccc(Cl)cc3Cl)c2C#N)cc1C. The fourth-order valence-electron chi connectivity index (χ4n) is 2.67. The fourth-order valence-corrected chi connectivity index (χ4v) is 3.90. The van der Waals surface area contributed by atoms with Crippen LogP contribution in [0.25, 0.3) is 11.3 Å². The van der Waals surface area contributed by atoms with Crippen LogP contribution in [0, 0.1) is 25.2 Å². The summed E-state index contributed by atoms with van der Waals surface area (Å²) < 4.78 is 10.5. The molecule has 0 atom stereocenters. The number of hydrogen-bond acceptors (Lipinski definition) is 5. The molecule has 0 fully saturated rings. The number of nitriles is 1. The van der Waals surface area contributed by atoms with Crippen molar-refractivity contribution >= 4 is 46.8 Å². The molecule has 8 heteroatoms. The Balaban J connectivity index is 1.94. The molecule has 0 amide bonds. The van der Waals surface area contributed by atoms with Crippen LogP contribution in [0.5, 0.6) is 10.8 Å². The summed E-state index contributed by atoms with van der Waals surface area (Å²) >= 11 is 13.4. The van der Waals surface area contributed by atoms with Gasteiger partial charge in [-0.25, -0.2) is 4.99 Å². The second-order valence-corrected chi connectivity index (χ2v) is 8.33. The summed E-state index contributed by atoms with van der Waals surface area (Å²) in [6.07, 6.45) is 1.81. The van der Waals surface area contributed by atoms with E-state index in [1.165, 1.54) is 0 Å². The first-order valence-electron chi connectivity index (χ1n) is 9.22. The van der Waals surface area contributed by atoms with Gasteiger partial charge < -0.3 is 9.64 Å². The van der Waals surface area contributed by atoms with Gasteiger partial charge in [-0.05, 0) is 62.2 Å². The molecule has 154 valence electrons. The monoisotopic (exact) mass is 458 g/mol. The van der Waals surface area contributed by atoms with E-state index in [-0.39, 0.29) is 0 Å². The Bertz CT molecular complexity index is 1150. The Hall–Kier alpha value is -2.59. The summed E-state index contributed by atoms with van der Waals surface area (Å²) in [6, 6.07) is 11.2. The number of ether oxygens (including phenoxy) is 1. The number of hydrogen-bond donors (Lipinski definition) is 0. The number of aliphatic imine (C=N–C) groups is 1. The van der Waals surface area contributed by atoms with E-state index in [2.05, 4.69) is 22.4 Å². The number of aromatic nitrogens is 1. The highest BCUT2D eigenvalue weighted by Gasteiger charge is 2.20. The molecule has 3 rings (SSSR count). The fraction of sp³-hybridized carbons (Fsp3) is 0.227. The van der Waals surface area contributed by atoms with Gasteiger partial charge in [0, 0.05) is 35.7 Å². The van der Waals surface area contributed by atoms with Gasteiger partial charge in [-0.3, -0.25) is 0 Å². The number of rotatable bonds is 6. The van der Waals surface area contributed by atoms with Crippen LogP contribution >= 0.6 is 34.7 Å². The first-order valence-corrected chi connectivity index (χ1v) is 10.8. The highest BCUT2D eigenvalue weighted by atomic mass is 35.5. The average Bonchev–Trinajstić information content (AvgIpc) is 3.11. The van der Waals surface area contributed by atoms with E-state index in [0.717, 1.165) is 34.9 Å². The molecular formula is C22H20Cl2N4OS. The highest BCUT2D eigenvalue weighted by Crippen LogP contribution is 2.41. The Morgan fingerprint density at radius 3 is 2.67 bits per heavy atom. The Morgan fingerprint density at radius 1 is 1.23 bits per heavy atom. The quantitative estimate of drug-likeness (QED) is 0.294. The van der Waals surface area contributed by atoms with Crippen LogP contribution in [0.1, 0.15) is 23.6 Å². The molecule has 0 spiro atoms. The maximum absolute atomic E-state index is 9.73. The predicted octanol–water partition coefficient (Wildman–Crippen LogP) is 7.01. The highest BCUT2D eigenvalue weighted by molar-refractivity contribution is 7.08. The van der Waals surface area contributed by atoms with Crippen molar-refractivity contribution in [1.29, 1.82) is 5.26 Å². The Morgan fingerprint density at radius 2 is 2.00 bits per heavy atom. The molecule has 30 heavy (non-hydrogen) atoms. The third-order valence-electron chi connectivity index (χ3n) is 4.55. The molecule has 5 nitrogen and oxygen atoms in total. The van der Waals surface area contributed by atoms with Gasteiger partial charge in [0.05, 0.1) is 17.0 Å². The molecule has 0 aliphatic rings. The lowest BCUT2D eigenvalue weighted by atomic mass is 10.1. The molecule has 0 N–H and O–H groups in total. The lowest BCUT2D eigenvalue weighted by Crippen LogP contribution is -2.14. The zero-order valence-corrected chi connectivity index (χ0v) is 19.4. The molecule has 0 aliphatic heterocycles. The topological polar surface area (TPSA) is 61.5 Å². The smallest absolute Gasteiger partial charge is 0.218 e. The van der Waals surface area contributed by atoms with Crippen molar-refractivity contribution in [3.8, 4) is 28.1 Å². The van der Waals surface area contributed by atoms with E-state index < -0.39 is 0 Å². The van der Waals surface area contributed by atoms with E-state index >= 15 is 0 Å². The van der Waals surface area contributed by atoms with Crippen LogP contribution in [0.2, 0.25) is 10.0 Å². The summed E-state index contributed by atoms with van der Waals surface area (Å²) in [4.78, 5) is 6.54. The first-order chi connectivity index (χ1) is 14.3. The first kappa shape index (κ1) is 22.1. The lowest BCUT2D eigenvalue weighted by molar-refractivity contribution is 0.491. The van der Waals surface area contributed by atoms with Gasteiger partial charge in [-0.2, -0.15) is 9.64 Å². The molecule has 0 saturated carbocycles. The van der Waals surface area contributed by atoms with Crippen LogP contribution in [-0.2, 0) is 0 Å². The largest absolute Gasteiger partial charge is 0.443 e. The van der Waals surface area contributed by atoms with Gasteiger partial charge in [0.15, 0.2) is 0 Å². The van der Waals surface area contributed by atoms with Gasteiger partial charge >= 0.3 is 0 Å². The van der Waals surface area contributed by atoms with Crippen molar-refractivity contribution in [3.05, 3.63) is 57.1 Å². The number of aryl methyl sites for hydroxylation is 2. The van der Waals surface area contributed by atoms with Crippen molar-refractivity contribution in [3.63, 3.8) is 0 Å². The molecule has 1 heterocycles. The zero-order chi connectivity index (χ0) is 21.8. The van der Waals surface area contributed by atoms with Crippen molar-refractivity contribution in [2.45, 2.75) is 20.8 Å².